The lowest BCUT2D eigenvalue weighted by Crippen LogP contribution is -2.33. The number of unbranched alkanes of at least 4 members (excludes halogenated alkanes) is 1. The van der Waals surface area contributed by atoms with E-state index >= 15 is 0 Å². The third-order valence-corrected chi connectivity index (χ3v) is 4.57. The second kappa shape index (κ2) is 7.92. The molecule has 0 radical (unpaired) electrons. The van der Waals surface area contributed by atoms with E-state index in [1.807, 2.05) is 0 Å². The van der Waals surface area contributed by atoms with Gasteiger partial charge < -0.3 is 5.32 Å². The van der Waals surface area contributed by atoms with Crippen LogP contribution in [0.1, 0.15) is 52.4 Å². The molecule has 0 aromatic rings. The molecule has 0 aromatic heterocycles. The molecule has 1 nitrogen and oxygen atoms in total. The maximum absolute atomic E-state index is 3.83. The Morgan fingerprint density at radius 1 is 1.29 bits per heavy atom. The van der Waals surface area contributed by atoms with Gasteiger partial charge in [-0.25, -0.2) is 0 Å². The molecule has 1 N–H and O–H groups in total. The zero-order valence-electron chi connectivity index (χ0n) is 12.0. The van der Waals surface area contributed by atoms with Crippen LogP contribution in [0.5, 0.6) is 0 Å². The Morgan fingerprint density at radius 3 is 2.65 bits per heavy atom. The van der Waals surface area contributed by atoms with Crippen LogP contribution in [0.2, 0.25) is 0 Å². The normalized spacial score (nSPS) is 29.5. The highest BCUT2D eigenvalue weighted by atomic mass is 14.8. The third-order valence-electron chi connectivity index (χ3n) is 4.57. The van der Waals surface area contributed by atoms with Gasteiger partial charge in [0.15, 0.2) is 0 Å². The number of hydrogen-bond acceptors (Lipinski definition) is 1. The second-order valence-corrected chi connectivity index (χ2v) is 6.11. The van der Waals surface area contributed by atoms with Crippen molar-refractivity contribution in [2.45, 2.75) is 52.4 Å². The van der Waals surface area contributed by atoms with Crippen LogP contribution in [0.3, 0.4) is 0 Å². The minimum Gasteiger partial charge on any atom is -0.319 e. The summed E-state index contributed by atoms with van der Waals surface area (Å²) < 4.78 is 0. The van der Waals surface area contributed by atoms with Gasteiger partial charge in [-0.05, 0) is 75.8 Å². The van der Waals surface area contributed by atoms with Crippen molar-refractivity contribution in [1.29, 1.82) is 0 Å². The molecule has 0 aliphatic heterocycles. The summed E-state index contributed by atoms with van der Waals surface area (Å²) in [6, 6.07) is 0. The van der Waals surface area contributed by atoms with E-state index in [2.05, 4.69) is 38.9 Å². The first kappa shape index (κ1) is 14.8. The summed E-state index contributed by atoms with van der Waals surface area (Å²) in [5.74, 6) is 3.70. The highest BCUT2D eigenvalue weighted by Crippen LogP contribution is 2.39. The molecule has 100 valence electrons. The standard InChI is InChI=1S/C16H31N/c1-5-6-7-8-15-11-14(13(2)3)9-10-16(15)12-17-4/h5,13-17H,1,6-12H2,2-4H3. The van der Waals surface area contributed by atoms with Gasteiger partial charge >= 0.3 is 0 Å². The molecule has 17 heavy (non-hydrogen) atoms. The van der Waals surface area contributed by atoms with E-state index in [0.29, 0.717) is 0 Å². The van der Waals surface area contributed by atoms with Crippen LogP contribution in [-0.2, 0) is 0 Å². The van der Waals surface area contributed by atoms with Crippen molar-refractivity contribution in [2.24, 2.45) is 23.7 Å². The Kier molecular flexibility index (Phi) is 6.87. The molecular weight excluding hydrogens is 206 g/mol. The fraction of sp³-hybridized carbons (Fsp3) is 0.875. The average Bonchev–Trinajstić information content (AvgIpc) is 2.31. The lowest BCUT2D eigenvalue weighted by molar-refractivity contribution is 0.138. The molecule has 1 aliphatic rings. The largest absolute Gasteiger partial charge is 0.319 e. The van der Waals surface area contributed by atoms with Gasteiger partial charge in [0.25, 0.3) is 0 Å². The van der Waals surface area contributed by atoms with Crippen molar-refractivity contribution in [3.63, 3.8) is 0 Å². The summed E-state index contributed by atoms with van der Waals surface area (Å²) in [4.78, 5) is 0. The summed E-state index contributed by atoms with van der Waals surface area (Å²) >= 11 is 0. The van der Waals surface area contributed by atoms with Gasteiger partial charge in [-0.3, -0.25) is 0 Å². The van der Waals surface area contributed by atoms with Crippen LogP contribution in [0.15, 0.2) is 12.7 Å². The minimum absolute atomic E-state index is 0.868. The molecule has 0 aromatic carbocycles. The Bertz CT molecular complexity index is 210. The smallest absolute Gasteiger partial charge is 0.00209 e. The number of hydrogen-bond donors (Lipinski definition) is 1. The molecule has 3 unspecified atom stereocenters. The fourth-order valence-electron chi connectivity index (χ4n) is 3.38. The summed E-state index contributed by atoms with van der Waals surface area (Å²) in [5.41, 5.74) is 0. The van der Waals surface area contributed by atoms with Gasteiger partial charge in [-0.1, -0.05) is 19.9 Å². The van der Waals surface area contributed by atoms with Crippen molar-refractivity contribution in [3.8, 4) is 0 Å². The van der Waals surface area contributed by atoms with Gasteiger partial charge in [0, 0.05) is 0 Å². The first-order valence-corrected chi connectivity index (χ1v) is 7.44. The predicted octanol–water partition coefficient (Wildman–Crippen LogP) is 4.25. The molecule has 0 spiro atoms. The highest BCUT2D eigenvalue weighted by Gasteiger charge is 2.30. The van der Waals surface area contributed by atoms with Crippen LogP contribution in [0.25, 0.3) is 0 Å². The van der Waals surface area contributed by atoms with Crippen molar-refractivity contribution in [1.82, 2.24) is 5.32 Å². The summed E-state index contributed by atoms with van der Waals surface area (Å²) in [6.45, 7) is 9.83. The van der Waals surface area contributed by atoms with Crippen molar-refractivity contribution < 1.29 is 0 Å². The zero-order valence-corrected chi connectivity index (χ0v) is 12.0. The Labute approximate surface area is 108 Å². The van der Waals surface area contributed by atoms with Crippen molar-refractivity contribution in [2.75, 3.05) is 13.6 Å². The van der Waals surface area contributed by atoms with E-state index in [0.717, 1.165) is 23.7 Å². The summed E-state index contributed by atoms with van der Waals surface area (Å²) in [5, 5.41) is 3.38. The van der Waals surface area contributed by atoms with Crippen molar-refractivity contribution in [3.05, 3.63) is 12.7 Å². The third kappa shape index (κ3) is 4.83. The molecule has 1 heteroatoms. The van der Waals surface area contributed by atoms with Gasteiger partial charge in [0.2, 0.25) is 0 Å². The van der Waals surface area contributed by atoms with E-state index in [1.165, 1.54) is 45.1 Å². The predicted molar refractivity (Wildman–Crippen MR) is 77.1 cm³/mol. The average molecular weight is 237 g/mol. The van der Waals surface area contributed by atoms with Gasteiger partial charge in [0.05, 0.1) is 0 Å². The quantitative estimate of drug-likeness (QED) is 0.515. The van der Waals surface area contributed by atoms with Gasteiger partial charge in [0.1, 0.15) is 0 Å². The molecule has 1 saturated carbocycles. The maximum Gasteiger partial charge on any atom is -0.00209 e. The lowest BCUT2D eigenvalue weighted by Gasteiger charge is -2.38. The SMILES string of the molecule is C=CCCCC1CC(C(C)C)CCC1CNC. The Hall–Kier alpha value is -0.300. The first-order chi connectivity index (χ1) is 8.19. The molecule has 0 bridgehead atoms. The van der Waals surface area contributed by atoms with E-state index in [9.17, 15) is 0 Å². The van der Waals surface area contributed by atoms with E-state index in [1.54, 1.807) is 0 Å². The van der Waals surface area contributed by atoms with Crippen LogP contribution < -0.4 is 5.32 Å². The fourth-order valence-corrected chi connectivity index (χ4v) is 3.38. The monoisotopic (exact) mass is 237 g/mol. The molecule has 0 saturated heterocycles. The molecule has 1 rings (SSSR count). The molecule has 0 amide bonds. The van der Waals surface area contributed by atoms with Gasteiger partial charge in [-0.15, -0.1) is 6.58 Å². The van der Waals surface area contributed by atoms with Crippen LogP contribution in [-0.4, -0.2) is 13.6 Å². The van der Waals surface area contributed by atoms with Gasteiger partial charge in [-0.2, -0.15) is 0 Å². The van der Waals surface area contributed by atoms with E-state index in [-0.39, 0.29) is 0 Å². The molecule has 1 fully saturated rings. The summed E-state index contributed by atoms with van der Waals surface area (Å²) in [6.07, 6.45) is 10.3. The summed E-state index contributed by atoms with van der Waals surface area (Å²) in [7, 11) is 2.09. The zero-order chi connectivity index (χ0) is 12.7. The molecule has 0 heterocycles. The number of rotatable bonds is 7. The topological polar surface area (TPSA) is 12.0 Å². The van der Waals surface area contributed by atoms with Crippen LogP contribution >= 0.6 is 0 Å². The number of nitrogens with one attached hydrogen (secondary N) is 1. The Morgan fingerprint density at radius 2 is 2.06 bits per heavy atom. The molecule has 3 atom stereocenters. The molecule has 1 aliphatic carbocycles. The minimum atomic E-state index is 0.868. The highest BCUT2D eigenvalue weighted by molar-refractivity contribution is 4.83. The lowest BCUT2D eigenvalue weighted by atomic mass is 9.69. The first-order valence-electron chi connectivity index (χ1n) is 7.44. The van der Waals surface area contributed by atoms with Crippen molar-refractivity contribution >= 4 is 0 Å². The molecular formula is C16H31N. The van der Waals surface area contributed by atoms with Crippen LogP contribution in [0, 0.1) is 23.7 Å². The second-order valence-electron chi connectivity index (χ2n) is 6.11. The number of allylic oxidation sites excluding steroid dienone is 1. The van der Waals surface area contributed by atoms with E-state index < -0.39 is 0 Å². The Balaban J connectivity index is 2.46. The maximum atomic E-state index is 3.83. The van der Waals surface area contributed by atoms with Crippen LogP contribution in [0.4, 0.5) is 0 Å². The van der Waals surface area contributed by atoms with E-state index in [4.69, 9.17) is 0 Å².